The van der Waals surface area contributed by atoms with Gasteiger partial charge in [0.2, 0.25) is 11.8 Å². The van der Waals surface area contributed by atoms with Gasteiger partial charge < -0.3 is 10.2 Å². The fourth-order valence-electron chi connectivity index (χ4n) is 2.81. The zero-order valence-corrected chi connectivity index (χ0v) is 12.5. The van der Waals surface area contributed by atoms with Gasteiger partial charge in [0.1, 0.15) is 11.6 Å². The quantitative estimate of drug-likeness (QED) is 0.749. The molecular weight excluding hydrogens is 240 g/mol. The third kappa shape index (κ3) is 2.53. The third-order valence-corrected chi connectivity index (χ3v) is 4.45. The molecule has 0 saturated carbocycles. The summed E-state index contributed by atoms with van der Waals surface area (Å²) in [6.45, 7) is 12.1. The molecule has 19 heavy (non-hydrogen) atoms. The van der Waals surface area contributed by atoms with Gasteiger partial charge in [0.25, 0.3) is 0 Å². The number of nitrogens with zero attached hydrogens (tertiary/aromatic N) is 1. The first-order valence-electron chi connectivity index (χ1n) is 7.21. The second-order valence-electron chi connectivity index (χ2n) is 5.31. The molecule has 2 amide bonds. The van der Waals surface area contributed by atoms with Gasteiger partial charge in [-0.1, -0.05) is 40.2 Å². The van der Waals surface area contributed by atoms with E-state index in [1.807, 2.05) is 27.7 Å². The zero-order valence-electron chi connectivity index (χ0n) is 12.5. The Hall–Kier alpha value is -1.32. The van der Waals surface area contributed by atoms with Crippen molar-refractivity contribution in [1.29, 1.82) is 0 Å². The van der Waals surface area contributed by atoms with Crippen molar-refractivity contribution in [2.45, 2.75) is 58.5 Å². The van der Waals surface area contributed by atoms with Crippen LogP contribution >= 0.6 is 0 Å². The SMILES string of the molecule is C=CCN1C(=O)C(C(C)CC)NC(=O)C1(CC)CC. The van der Waals surface area contributed by atoms with Crippen molar-refractivity contribution in [1.82, 2.24) is 10.2 Å². The fourth-order valence-corrected chi connectivity index (χ4v) is 2.81. The summed E-state index contributed by atoms with van der Waals surface area (Å²) < 4.78 is 0. The second kappa shape index (κ2) is 6.22. The van der Waals surface area contributed by atoms with Gasteiger partial charge in [0, 0.05) is 6.54 Å². The van der Waals surface area contributed by atoms with E-state index in [1.165, 1.54) is 0 Å². The summed E-state index contributed by atoms with van der Waals surface area (Å²) in [7, 11) is 0. The molecule has 0 aliphatic carbocycles. The highest BCUT2D eigenvalue weighted by molar-refractivity contribution is 6.00. The Morgan fingerprint density at radius 3 is 2.37 bits per heavy atom. The van der Waals surface area contributed by atoms with Crippen LogP contribution in [0.5, 0.6) is 0 Å². The van der Waals surface area contributed by atoms with Gasteiger partial charge in [-0.15, -0.1) is 6.58 Å². The van der Waals surface area contributed by atoms with E-state index in [4.69, 9.17) is 0 Å². The van der Waals surface area contributed by atoms with Gasteiger partial charge in [-0.3, -0.25) is 9.59 Å². The minimum Gasteiger partial charge on any atom is -0.342 e. The summed E-state index contributed by atoms with van der Waals surface area (Å²) in [5.41, 5.74) is -0.713. The van der Waals surface area contributed by atoms with Crippen LogP contribution in [0.25, 0.3) is 0 Å². The van der Waals surface area contributed by atoms with E-state index < -0.39 is 11.6 Å². The standard InChI is InChI=1S/C15H26N2O2/c1-6-10-17-13(18)12(11(5)7-2)16-14(19)15(17,8-3)9-4/h6,11-12H,1,7-10H2,2-5H3,(H,16,19). The number of piperazine rings is 1. The molecule has 0 radical (unpaired) electrons. The van der Waals surface area contributed by atoms with Crippen LogP contribution in [0.2, 0.25) is 0 Å². The molecule has 1 fully saturated rings. The Kier molecular flexibility index (Phi) is 5.15. The van der Waals surface area contributed by atoms with Gasteiger partial charge in [-0.2, -0.15) is 0 Å². The third-order valence-electron chi connectivity index (χ3n) is 4.45. The normalized spacial score (nSPS) is 24.0. The number of carbonyl (C=O) groups is 2. The first-order valence-corrected chi connectivity index (χ1v) is 7.21. The summed E-state index contributed by atoms with van der Waals surface area (Å²) in [5, 5.41) is 2.93. The molecule has 1 heterocycles. The molecule has 0 aromatic rings. The Balaban J connectivity index is 3.16. The van der Waals surface area contributed by atoms with Crippen LogP contribution < -0.4 is 5.32 Å². The molecule has 0 aromatic heterocycles. The highest BCUT2D eigenvalue weighted by atomic mass is 16.2. The predicted molar refractivity (Wildman–Crippen MR) is 76.6 cm³/mol. The summed E-state index contributed by atoms with van der Waals surface area (Å²) >= 11 is 0. The van der Waals surface area contributed by atoms with Gasteiger partial charge in [-0.05, 0) is 18.8 Å². The van der Waals surface area contributed by atoms with E-state index in [9.17, 15) is 9.59 Å². The Morgan fingerprint density at radius 1 is 1.37 bits per heavy atom. The molecule has 4 heteroatoms. The van der Waals surface area contributed by atoms with Crippen LogP contribution in [0, 0.1) is 5.92 Å². The molecule has 2 atom stereocenters. The molecule has 0 spiro atoms. The van der Waals surface area contributed by atoms with Crippen molar-refractivity contribution in [3.63, 3.8) is 0 Å². The average Bonchev–Trinajstić information content (AvgIpc) is 2.43. The smallest absolute Gasteiger partial charge is 0.246 e. The number of nitrogens with one attached hydrogen (secondary N) is 1. The first kappa shape index (κ1) is 15.7. The molecular formula is C15H26N2O2. The van der Waals surface area contributed by atoms with Crippen LogP contribution in [-0.2, 0) is 9.59 Å². The highest BCUT2D eigenvalue weighted by Crippen LogP contribution is 2.30. The molecule has 1 aliphatic rings. The minimum absolute atomic E-state index is 0.0238. The lowest BCUT2D eigenvalue weighted by Gasteiger charge is -2.48. The van der Waals surface area contributed by atoms with Crippen molar-refractivity contribution in [2.24, 2.45) is 5.92 Å². The van der Waals surface area contributed by atoms with Crippen LogP contribution in [0.4, 0.5) is 0 Å². The molecule has 1 saturated heterocycles. The molecule has 0 aromatic carbocycles. The molecule has 1 rings (SSSR count). The van der Waals surface area contributed by atoms with Crippen molar-refractivity contribution in [2.75, 3.05) is 6.54 Å². The van der Waals surface area contributed by atoms with E-state index in [2.05, 4.69) is 11.9 Å². The predicted octanol–water partition coefficient (Wildman–Crippen LogP) is 2.10. The number of amides is 2. The van der Waals surface area contributed by atoms with Gasteiger partial charge >= 0.3 is 0 Å². The number of hydrogen-bond donors (Lipinski definition) is 1. The molecule has 1 aliphatic heterocycles. The zero-order chi connectivity index (χ0) is 14.6. The maximum Gasteiger partial charge on any atom is 0.246 e. The van der Waals surface area contributed by atoms with Gasteiger partial charge in [-0.25, -0.2) is 0 Å². The van der Waals surface area contributed by atoms with Crippen LogP contribution in [0.3, 0.4) is 0 Å². The Bertz CT molecular complexity index is 361. The monoisotopic (exact) mass is 266 g/mol. The Labute approximate surface area is 116 Å². The molecule has 2 unspecified atom stereocenters. The molecule has 1 N–H and O–H groups in total. The van der Waals surface area contributed by atoms with Crippen molar-refractivity contribution < 1.29 is 9.59 Å². The Morgan fingerprint density at radius 2 is 1.95 bits per heavy atom. The fraction of sp³-hybridized carbons (Fsp3) is 0.733. The lowest BCUT2D eigenvalue weighted by Crippen LogP contribution is -2.71. The van der Waals surface area contributed by atoms with Gasteiger partial charge in [0.15, 0.2) is 0 Å². The molecule has 4 nitrogen and oxygen atoms in total. The second-order valence-corrected chi connectivity index (χ2v) is 5.31. The summed E-state index contributed by atoms with van der Waals surface area (Å²) in [6.07, 6.45) is 3.82. The average molecular weight is 266 g/mol. The van der Waals surface area contributed by atoms with Crippen molar-refractivity contribution >= 4 is 11.8 Å². The maximum absolute atomic E-state index is 12.7. The highest BCUT2D eigenvalue weighted by Gasteiger charge is 2.50. The topological polar surface area (TPSA) is 49.4 Å². The van der Waals surface area contributed by atoms with Crippen LogP contribution in [-0.4, -0.2) is 34.8 Å². The molecule has 0 bridgehead atoms. The lowest BCUT2D eigenvalue weighted by atomic mass is 9.83. The van der Waals surface area contributed by atoms with Crippen molar-refractivity contribution in [3.05, 3.63) is 12.7 Å². The van der Waals surface area contributed by atoms with E-state index >= 15 is 0 Å². The summed E-state index contributed by atoms with van der Waals surface area (Å²) in [4.78, 5) is 26.9. The molecule has 108 valence electrons. The van der Waals surface area contributed by atoms with E-state index in [0.29, 0.717) is 19.4 Å². The summed E-state index contributed by atoms with van der Waals surface area (Å²) in [5.74, 6) is 0.150. The van der Waals surface area contributed by atoms with Crippen molar-refractivity contribution in [3.8, 4) is 0 Å². The lowest BCUT2D eigenvalue weighted by molar-refractivity contribution is -0.159. The van der Waals surface area contributed by atoms with Crippen LogP contribution in [0.1, 0.15) is 47.0 Å². The van der Waals surface area contributed by atoms with E-state index in [-0.39, 0.29) is 17.7 Å². The maximum atomic E-state index is 12.7. The van der Waals surface area contributed by atoms with E-state index in [0.717, 1.165) is 6.42 Å². The van der Waals surface area contributed by atoms with Gasteiger partial charge in [0.05, 0.1) is 0 Å². The number of hydrogen-bond acceptors (Lipinski definition) is 2. The number of rotatable bonds is 6. The first-order chi connectivity index (χ1) is 8.98. The number of carbonyl (C=O) groups excluding carboxylic acids is 2. The van der Waals surface area contributed by atoms with E-state index in [1.54, 1.807) is 11.0 Å². The minimum atomic E-state index is -0.713. The largest absolute Gasteiger partial charge is 0.342 e. The van der Waals surface area contributed by atoms with Crippen LogP contribution in [0.15, 0.2) is 12.7 Å². The summed E-state index contributed by atoms with van der Waals surface area (Å²) in [6, 6.07) is -0.399.